The molecular formula is C46H53ClN8O4S. The maximum Gasteiger partial charge on any atom is 0.245 e. The van der Waals surface area contributed by atoms with Gasteiger partial charge in [0.1, 0.15) is 23.7 Å². The molecule has 12 nitrogen and oxygen atoms in total. The van der Waals surface area contributed by atoms with Crippen molar-refractivity contribution in [2.75, 3.05) is 26.7 Å². The summed E-state index contributed by atoms with van der Waals surface area (Å²) in [4.78, 5) is 53.4. The van der Waals surface area contributed by atoms with Crippen LogP contribution in [0.5, 0.6) is 0 Å². The summed E-state index contributed by atoms with van der Waals surface area (Å²) in [6.45, 7) is 1.90. The summed E-state index contributed by atoms with van der Waals surface area (Å²) in [5, 5.41) is 11.7. The lowest BCUT2D eigenvalue weighted by Crippen LogP contribution is -2.57. The molecule has 8 N–H and O–H groups in total. The Kier molecular flexibility index (Phi) is 16.6. The molecule has 60 heavy (non-hydrogen) atoms. The molecule has 0 spiro atoms. The highest BCUT2D eigenvalue weighted by Gasteiger charge is 2.34. The molecule has 0 fully saturated rings. The fourth-order valence-electron chi connectivity index (χ4n) is 7.17. The number of carbonyl (C=O) groups excluding carboxylic acids is 3. The molecule has 3 amide bonds. The Hall–Kier alpha value is -5.20. The standard InChI is InChI=1S/C46H53ClN8O4S/c1-55-41(26-34-28-51-38-17-6-5-16-36(34)38)44(57)53-29-35-24-32(14-11-23-59-30-31-12-3-2-4-13-31)25-37(47)42(35)60-45-33(15-10-22-50-45)27-52-39(19-9-21-49)43(56)54-40(46(55)58)18-7-8-20-48/h2-6,10,12-13,15-17,22,24-25,28,39-41,51-52H,7-9,18-21,23,26-27,29-30,48-49H2,1H3,(H,53,57)(H,54,56)/t39-,40?,41-/m0/s1. The number of nitrogens with zero attached hydrogens (tertiary/aromatic N) is 2. The highest BCUT2D eigenvalue weighted by molar-refractivity contribution is 7.99. The summed E-state index contributed by atoms with van der Waals surface area (Å²) < 4.78 is 5.80. The molecule has 0 aliphatic carbocycles. The summed E-state index contributed by atoms with van der Waals surface area (Å²) in [6, 6.07) is 22.7. The number of nitrogens with one attached hydrogen (secondary N) is 4. The van der Waals surface area contributed by atoms with E-state index >= 15 is 0 Å². The number of benzene rings is 3. The summed E-state index contributed by atoms with van der Waals surface area (Å²) in [5.74, 6) is 5.21. The summed E-state index contributed by atoms with van der Waals surface area (Å²) in [6.07, 6.45) is 6.48. The number of amides is 3. The highest BCUT2D eigenvalue weighted by atomic mass is 35.5. The number of rotatable bonds is 12. The summed E-state index contributed by atoms with van der Waals surface area (Å²) in [7, 11) is 1.62. The number of H-pyrrole nitrogens is 1. The zero-order valence-electron chi connectivity index (χ0n) is 33.8. The van der Waals surface area contributed by atoms with Gasteiger partial charge in [-0.15, -0.1) is 0 Å². The van der Waals surface area contributed by atoms with Gasteiger partial charge in [-0.05, 0) is 91.7 Å². The van der Waals surface area contributed by atoms with Crippen LogP contribution in [0.15, 0.2) is 101 Å². The van der Waals surface area contributed by atoms with Crippen molar-refractivity contribution in [3.63, 3.8) is 0 Å². The molecule has 314 valence electrons. The molecule has 0 bridgehead atoms. The number of hydrogen-bond acceptors (Lipinski definition) is 9. The Morgan fingerprint density at radius 3 is 2.50 bits per heavy atom. The fraction of sp³-hybridized carbons (Fsp3) is 0.348. The van der Waals surface area contributed by atoms with Gasteiger partial charge in [0.05, 0.1) is 17.7 Å². The quantitative estimate of drug-likeness (QED) is 0.0704. The largest absolute Gasteiger partial charge is 0.364 e. The first-order valence-corrected chi connectivity index (χ1v) is 21.5. The van der Waals surface area contributed by atoms with Gasteiger partial charge in [-0.2, -0.15) is 0 Å². The normalized spacial score (nSPS) is 17.8. The van der Waals surface area contributed by atoms with Crippen LogP contribution in [0.4, 0.5) is 0 Å². The lowest BCUT2D eigenvalue weighted by atomic mass is 10.0. The minimum absolute atomic E-state index is 0.0889. The van der Waals surface area contributed by atoms with Gasteiger partial charge in [0.25, 0.3) is 0 Å². The van der Waals surface area contributed by atoms with Crippen molar-refractivity contribution in [3.05, 3.63) is 124 Å². The van der Waals surface area contributed by atoms with Crippen LogP contribution in [0.1, 0.15) is 59.9 Å². The second-order valence-electron chi connectivity index (χ2n) is 14.8. The number of ether oxygens (including phenoxy) is 1. The lowest BCUT2D eigenvalue weighted by molar-refractivity contribution is -0.142. The van der Waals surface area contributed by atoms with E-state index in [4.69, 9.17) is 32.8 Å². The minimum atomic E-state index is -0.939. The maximum atomic E-state index is 14.6. The van der Waals surface area contributed by atoms with E-state index in [0.717, 1.165) is 33.2 Å². The Morgan fingerprint density at radius 2 is 1.68 bits per heavy atom. The van der Waals surface area contributed by atoms with E-state index in [2.05, 4.69) is 32.8 Å². The van der Waals surface area contributed by atoms with Gasteiger partial charge in [-0.3, -0.25) is 14.4 Å². The Labute approximate surface area is 360 Å². The molecule has 3 heterocycles. The number of hydrogen-bond donors (Lipinski definition) is 6. The van der Waals surface area contributed by atoms with E-state index in [1.165, 1.54) is 16.7 Å². The van der Waals surface area contributed by atoms with Crippen LogP contribution in [0, 0.1) is 11.8 Å². The van der Waals surface area contributed by atoms with Gasteiger partial charge in [0.2, 0.25) is 17.7 Å². The van der Waals surface area contributed by atoms with E-state index in [9.17, 15) is 14.4 Å². The first-order valence-electron chi connectivity index (χ1n) is 20.3. The van der Waals surface area contributed by atoms with Crippen molar-refractivity contribution in [2.24, 2.45) is 11.5 Å². The summed E-state index contributed by atoms with van der Waals surface area (Å²) in [5.41, 5.74) is 16.8. The topological polar surface area (TPSA) is 180 Å². The van der Waals surface area contributed by atoms with Crippen molar-refractivity contribution in [3.8, 4) is 11.8 Å². The Morgan fingerprint density at radius 1 is 0.900 bits per heavy atom. The molecule has 6 rings (SSSR count). The van der Waals surface area contributed by atoms with E-state index in [1.807, 2.05) is 79.0 Å². The average molecular weight is 850 g/mol. The molecule has 14 heteroatoms. The van der Waals surface area contributed by atoms with Crippen molar-refractivity contribution >= 4 is 52.0 Å². The Bertz CT molecular complexity index is 2290. The second-order valence-corrected chi connectivity index (χ2v) is 16.2. The number of para-hydroxylation sites is 1. The lowest BCUT2D eigenvalue weighted by Gasteiger charge is -2.32. The molecule has 3 atom stereocenters. The molecule has 0 saturated heterocycles. The van der Waals surface area contributed by atoms with Crippen molar-refractivity contribution < 1.29 is 19.1 Å². The number of halogens is 1. The van der Waals surface area contributed by atoms with Crippen LogP contribution in [0.25, 0.3) is 10.9 Å². The summed E-state index contributed by atoms with van der Waals surface area (Å²) >= 11 is 8.45. The fourth-order valence-corrected chi connectivity index (χ4v) is 8.52. The van der Waals surface area contributed by atoms with E-state index in [0.29, 0.717) is 78.9 Å². The smallest absolute Gasteiger partial charge is 0.245 e. The minimum Gasteiger partial charge on any atom is -0.364 e. The maximum absolute atomic E-state index is 14.6. The number of aromatic nitrogens is 2. The molecule has 2 aromatic heterocycles. The van der Waals surface area contributed by atoms with Gasteiger partial charge in [-0.25, -0.2) is 4.98 Å². The van der Waals surface area contributed by atoms with Crippen LogP contribution >= 0.6 is 23.4 Å². The molecule has 1 aliphatic rings. The van der Waals surface area contributed by atoms with Gasteiger partial charge >= 0.3 is 0 Å². The molecule has 3 aromatic carbocycles. The van der Waals surface area contributed by atoms with Gasteiger partial charge in [0.15, 0.2) is 0 Å². The zero-order chi connectivity index (χ0) is 42.3. The number of likely N-dealkylation sites (N-methyl/N-ethyl adjacent to an activating group) is 1. The van der Waals surface area contributed by atoms with Crippen molar-refractivity contribution in [1.29, 1.82) is 0 Å². The van der Waals surface area contributed by atoms with E-state index < -0.39 is 18.1 Å². The third-order valence-electron chi connectivity index (χ3n) is 10.5. The van der Waals surface area contributed by atoms with Gasteiger partial charge in [0, 0.05) is 60.3 Å². The first-order chi connectivity index (χ1) is 29.2. The highest BCUT2D eigenvalue weighted by Crippen LogP contribution is 2.38. The molecule has 0 saturated carbocycles. The predicted molar refractivity (Wildman–Crippen MR) is 237 cm³/mol. The predicted octanol–water partition coefficient (Wildman–Crippen LogP) is 5.45. The molecule has 5 aromatic rings. The second kappa shape index (κ2) is 22.4. The SMILES string of the molecule is CN1C(=O)C(CCCCN)NC(=O)[C@H](CCCN)NCc2cccnc2Sc2c(Cl)cc(C#CCOCc3ccccc3)cc2CNC(=O)[C@@H]1Cc1c[nH]c2ccccc12. The van der Waals surface area contributed by atoms with Gasteiger partial charge in [-0.1, -0.05) is 89.8 Å². The monoisotopic (exact) mass is 848 g/mol. The third kappa shape index (κ3) is 12.0. The number of fused-ring (bicyclic) bond motifs is 3. The average Bonchev–Trinajstić information content (AvgIpc) is 3.67. The molecular weight excluding hydrogens is 796 g/mol. The van der Waals surface area contributed by atoms with Crippen LogP contribution in [0.2, 0.25) is 5.02 Å². The number of carbonyl (C=O) groups is 3. The number of pyridine rings is 1. The number of unbranched alkanes of at least 4 members (excludes halogenated alkanes) is 1. The van der Waals surface area contributed by atoms with E-state index in [-0.39, 0.29) is 37.3 Å². The van der Waals surface area contributed by atoms with E-state index in [1.54, 1.807) is 19.3 Å². The molecule has 0 radical (unpaired) electrons. The molecule has 1 unspecified atom stereocenters. The van der Waals surface area contributed by atoms with Crippen LogP contribution < -0.4 is 27.4 Å². The van der Waals surface area contributed by atoms with Crippen molar-refractivity contribution in [2.45, 2.75) is 86.3 Å². The molecule has 1 aliphatic heterocycles. The van der Waals surface area contributed by atoms with Crippen LogP contribution in [-0.2, 0) is 45.2 Å². The van der Waals surface area contributed by atoms with Crippen molar-refractivity contribution in [1.82, 2.24) is 30.8 Å². The number of aromatic amines is 1. The Balaban J connectivity index is 1.38. The van der Waals surface area contributed by atoms with Gasteiger partial charge < -0.3 is 42.0 Å². The zero-order valence-corrected chi connectivity index (χ0v) is 35.4. The van der Waals surface area contributed by atoms with Crippen LogP contribution in [0.3, 0.4) is 0 Å². The van der Waals surface area contributed by atoms with Crippen LogP contribution in [-0.4, -0.2) is 77.5 Å². The number of nitrogens with two attached hydrogens (primary N) is 2. The third-order valence-corrected chi connectivity index (χ3v) is 12.1. The first kappa shape index (κ1) is 44.4.